The molecule has 0 radical (unpaired) electrons. The molecule has 4 nitrogen and oxygen atoms in total. The molecule has 1 aromatic heterocycles. The molecule has 2 aliphatic heterocycles. The molecule has 2 aliphatic rings. The molecule has 1 aromatic carbocycles. The van der Waals surface area contributed by atoms with Crippen molar-refractivity contribution in [3.05, 3.63) is 47.4 Å². The monoisotopic (exact) mass is 280 g/mol. The molecule has 0 aliphatic carbocycles. The summed E-state index contributed by atoms with van der Waals surface area (Å²) < 4.78 is 0. The fourth-order valence-corrected chi connectivity index (χ4v) is 3.40. The molecule has 0 bridgehead atoms. The minimum atomic E-state index is 0.879. The number of benzene rings is 1. The average molecular weight is 280 g/mol. The molecule has 108 valence electrons. The molecule has 2 aromatic rings. The van der Waals surface area contributed by atoms with Gasteiger partial charge in [0, 0.05) is 37.3 Å². The van der Waals surface area contributed by atoms with E-state index in [2.05, 4.69) is 44.5 Å². The Kier molecular flexibility index (Phi) is 3.31. The van der Waals surface area contributed by atoms with Gasteiger partial charge in [-0.05, 0) is 30.9 Å². The summed E-state index contributed by atoms with van der Waals surface area (Å²) in [6.07, 6.45) is 6.35. The van der Waals surface area contributed by atoms with E-state index in [0.29, 0.717) is 0 Å². The molecule has 0 spiro atoms. The summed E-state index contributed by atoms with van der Waals surface area (Å²) in [6.45, 7) is 2.94. The first kappa shape index (κ1) is 12.8. The number of rotatable bonds is 1. The van der Waals surface area contributed by atoms with Gasteiger partial charge in [0.25, 0.3) is 0 Å². The Hall–Kier alpha value is -1.94. The van der Waals surface area contributed by atoms with Gasteiger partial charge >= 0.3 is 0 Å². The number of aryl methyl sites for hydroxylation is 1. The molecule has 1 N–H and O–H groups in total. The number of hydrogen-bond acceptors (Lipinski definition) is 4. The zero-order valence-electron chi connectivity index (χ0n) is 12.2. The Morgan fingerprint density at radius 2 is 2.00 bits per heavy atom. The lowest BCUT2D eigenvalue weighted by molar-refractivity contribution is 0.623. The van der Waals surface area contributed by atoms with Crippen molar-refractivity contribution in [2.24, 2.45) is 0 Å². The van der Waals surface area contributed by atoms with Crippen LogP contribution in [0.25, 0.3) is 0 Å². The summed E-state index contributed by atoms with van der Waals surface area (Å²) >= 11 is 0. The first-order chi connectivity index (χ1) is 10.4. The van der Waals surface area contributed by atoms with Crippen LogP contribution in [0.1, 0.15) is 29.7 Å². The minimum absolute atomic E-state index is 0.879. The zero-order valence-corrected chi connectivity index (χ0v) is 12.2. The minimum Gasteiger partial charge on any atom is -0.326 e. The van der Waals surface area contributed by atoms with Crippen LogP contribution >= 0.6 is 0 Å². The van der Waals surface area contributed by atoms with Crippen molar-refractivity contribution in [3.63, 3.8) is 0 Å². The van der Waals surface area contributed by atoms with Crippen LogP contribution in [0, 0.1) is 0 Å². The lowest BCUT2D eigenvalue weighted by atomic mass is 10.1. The van der Waals surface area contributed by atoms with Crippen molar-refractivity contribution < 1.29 is 0 Å². The normalized spacial score (nSPS) is 17.8. The van der Waals surface area contributed by atoms with Gasteiger partial charge in [0.1, 0.15) is 12.1 Å². The standard InChI is InChI=1S/C17H20N4/c1-2-7-16-13(5-1)6-3-4-10-21(16)17-14-11-18-9-8-15(14)19-12-20-17/h1-2,5,7,12,18H,3-4,6,8-11H2. The Bertz CT molecular complexity index is 653. The third-order valence-electron chi connectivity index (χ3n) is 4.47. The number of aromatic nitrogens is 2. The maximum Gasteiger partial charge on any atom is 0.141 e. The summed E-state index contributed by atoms with van der Waals surface area (Å²) in [4.78, 5) is 11.5. The second-order valence-electron chi connectivity index (χ2n) is 5.79. The maximum atomic E-state index is 4.63. The fourth-order valence-electron chi connectivity index (χ4n) is 3.40. The second kappa shape index (κ2) is 5.45. The van der Waals surface area contributed by atoms with Crippen LogP contribution in [0.15, 0.2) is 30.6 Å². The Morgan fingerprint density at radius 3 is 3.00 bits per heavy atom. The number of para-hydroxylation sites is 1. The number of nitrogens with zero attached hydrogens (tertiary/aromatic N) is 3. The van der Waals surface area contributed by atoms with Gasteiger partial charge < -0.3 is 10.2 Å². The van der Waals surface area contributed by atoms with Gasteiger partial charge in [-0.3, -0.25) is 0 Å². The largest absolute Gasteiger partial charge is 0.326 e. The molecule has 0 unspecified atom stereocenters. The highest BCUT2D eigenvalue weighted by molar-refractivity contribution is 5.67. The van der Waals surface area contributed by atoms with Gasteiger partial charge in [-0.1, -0.05) is 18.2 Å². The van der Waals surface area contributed by atoms with Crippen molar-refractivity contribution in [1.82, 2.24) is 15.3 Å². The predicted octanol–water partition coefficient (Wildman–Crippen LogP) is 2.60. The van der Waals surface area contributed by atoms with Crippen molar-refractivity contribution in [1.29, 1.82) is 0 Å². The van der Waals surface area contributed by atoms with Gasteiger partial charge in [-0.25, -0.2) is 9.97 Å². The van der Waals surface area contributed by atoms with Crippen molar-refractivity contribution in [2.75, 3.05) is 18.0 Å². The SMILES string of the molecule is c1ccc2c(c1)CCCCN2c1ncnc2c1CNCC2. The molecule has 0 saturated carbocycles. The second-order valence-corrected chi connectivity index (χ2v) is 5.79. The van der Waals surface area contributed by atoms with Crippen LogP contribution in [-0.4, -0.2) is 23.1 Å². The fraction of sp³-hybridized carbons (Fsp3) is 0.412. The predicted molar refractivity (Wildman–Crippen MR) is 83.8 cm³/mol. The molecular formula is C17H20N4. The lowest BCUT2D eigenvalue weighted by Gasteiger charge is -2.28. The van der Waals surface area contributed by atoms with E-state index in [-0.39, 0.29) is 0 Å². The molecule has 4 rings (SSSR count). The molecule has 4 heteroatoms. The Labute approximate surface area is 125 Å². The smallest absolute Gasteiger partial charge is 0.141 e. The number of fused-ring (bicyclic) bond motifs is 2. The van der Waals surface area contributed by atoms with Crippen LogP contribution in [0.2, 0.25) is 0 Å². The summed E-state index contributed by atoms with van der Waals surface area (Å²) in [5.41, 5.74) is 5.24. The molecule has 3 heterocycles. The summed E-state index contributed by atoms with van der Waals surface area (Å²) in [7, 11) is 0. The van der Waals surface area contributed by atoms with Crippen LogP contribution in [0.4, 0.5) is 11.5 Å². The van der Waals surface area contributed by atoms with Gasteiger partial charge in [-0.2, -0.15) is 0 Å². The third kappa shape index (κ3) is 2.29. The van der Waals surface area contributed by atoms with Crippen LogP contribution in [-0.2, 0) is 19.4 Å². The molecule has 0 fully saturated rings. The number of nitrogens with one attached hydrogen (secondary N) is 1. The van der Waals surface area contributed by atoms with E-state index in [0.717, 1.165) is 38.3 Å². The highest BCUT2D eigenvalue weighted by atomic mass is 15.2. The number of hydrogen-bond donors (Lipinski definition) is 1. The van der Waals surface area contributed by atoms with E-state index in [4.69, 9.17) is 0 Å². The van der Waals surface area contributed by atoms with Gasteiger partial charge in [0.15, 0.2) is 0 Å². The first-order valence-electron chi connectivity index (χ1n) is 7.82. The third-order valence-corrected chi connectivity index (χ3v) is 4.47. The highest BCUT2D eigenvalue weighted by Crippen LogP contribution is 2.34. The van der Waals surface area contributed by atoms with Gasteiger partial charge in [0.05, 0.1) is 5.69 Å². The highest BCUT2D eigenvalue weighted by Gasteiger charge is 2.23. The summed E-state index contributed by atoms with van der Waals surface area (Å²) in [5.74, 6) is 1.10. The lowest BCUT2D eigenvalue weighted by Crippen LogP contribution is -2.29. The van der Waals surface area contributed by atoms with Crippen LogP contribution in [0.3, 0.4) is 0 Å². The van der Waals surface area contributed by atoms with Crippen molar-refractivity contribution >= 4 is 11.5 Å². The summed E-state index contributed by atoms with van der Waals surface area (Å²) in [6, 6.07) is 8.74. The molecule has 21 heavy (non-hydrogen) atoms. The van der Waals surface area contributed by atoms with E-state index in [9.17, 15) is 0 Å². The first-order valence-corrected chi connectivity index (χ1v) is 7.82. The van der Waals surface area contributed by atoms with Crippen LogP contribution < -0.4 is 10.2 Å². The summed E-state index contributed by atoms with van der Waals surface area (Å²) in [5, 5.41) is 3.45. The molecular weight excluding hydrogens is 260 g/mol. The maximum absolute atomic E-state index is 4.63. The molecule has 0 amide bonds. The van der Waals surface area contributed by atoms with E-state index in [1.807, 2.05) is 0 Å². The average Bonchev–Trinajstić information content (AvgIpc) is 2.77. The van der Waals surface area contributed by atoms with Gasteiger partial charge in [-0.15, -0.1) is 0 Å². The van der Waals surface area contributed by atoms with E-state index >= 15 is 0 Å². The molecule has 0 atom stereocenters. The number of anilines is 2. The quantitative estimate of drug-likeness (QED) is 0.872. The van der Waals surface area contributed by atoms with Crippen molar-refractivity contribution in [3.8, 4) is 0 Å². The Balaban J connectivity index is 1.83. The van der Waals surface area contributed by atoms with Crippen LogP contribution in [0.5, 0.6) is 0 Å². The van der Waals surface area contributed by atoms with E-state index in [1.165, 1.54) is 35.3 Å². The van der Waals surface area contributed by atoms with Gasteiger partial charge in [0.2, 0.25) is 0 Å². The molecule has 0 saturated heterocycles. The van der Waals surface area contributed by atoms with Crippen molar-refractivity contribution in [2.45, 2.75) is 32.2 Å². The topological polar surface area (TPSA) is 41.1 Å². The zero-order chi connectivity index (χ0) is 14.1. The van der Waals surface area contributed by atoms with E-state index in [1.54, 1.807) is 6.33 Å². The van der Waals surface area contributed by atoms with E-state index < -0.39 is 0 Å². The Morgan fingerprint density at radius 1 is 1.05 bits per heavy atom.